The Hall–Kier alpha value is -2.04. The van der Waals surface area contributed by atoms with Gasteiger partial charge in [0.2, 0.25) is 6.79 Å². The third-order valence-electron chi connectivity index (χ3n) is 2.80. The SMILES string of the molecule is C/C(=N/NC(=O)c1ccc2c(c1)OCO2)C(C)C. The smallest absolute Gasteiger partial charge is 0.271 e. The molecule has 96 valence electrons. The number of hydrogen-bond donors (Lipinski definition) is 1. The number of carbonyl (C=O) groups excluding carboxylic acids is 1. The summed E-state index contributed by atoms with van der Waals surface area (Å²) in [5, 5.41) is 4.04. The Morgan fingerprint density at radius 3 is 2.78 bits per heavy atom. The fourth-order valence-corrected chi connectivity index (χ4v) is 1.37. The van der Waals surface area contributed by atoms with E-state index in [0.717, 1.165) is 5.71 Å². The van der Waals surface area contributed by atoms with Crippen LogP contribution in [0.15, 0.2) is 23.3 Å². The van der Waals surface area contributed by atoms with Crippen molar-refractivity contribution in [2.45, 2.75) is 20.8 Å². The molecule has 1 aliphatic rings. The van der Waals surface area contributed by atoms with Gasteiger partial charge in [0.15, 0.2) is 11.5 Å². The Labute approximate surface area is 106 Å². The Morgan fingerprint density at radius 1 is 1.33 bits per heavy atom. The van der Waals surface area contributed by atoms with Crippen LogP contribution in [0.2, 0.25) is 0 Å². The van der Waals surface area contributed by atoms with E-state index in [1.807, 2.05) is 20.8 Å². The molecule has 1 aromatic rings. The zero-order valence-corrected chi connectivity index (χ0v) is 10.7. The zero-order chi connectivity index (χ0) is 13.1. The van der Waals surface area contributed by atoms with Crippen molar-refractivity contribution in [3.63, 3.8) is 0 Å². The molecule has 0 radical (unpaired) electrons. The summed E-state index contributed by atoms with van der Waals surface area (Å²) in [4.78, 5) is 11.9. The molecule has 0 aromatic heterocycles. The van der Waals surface area contributed by atoms with E-state index in [1.165, 1.54) is 0 Å². The standard InChI is InChI=1S/C13H16N2O3/c1-8(2)9(3)14-15-13(16)10-4-5-11-12(6-10)18-7-17-11/h4-6,8H,7H2,1-3H3,(H,15,16)/b14-9-. The van der Waals surface area contributed by atoms with Crippen LogP contribution in [-0.2, 0) is 0 Å². The first-order valence-electron chi connectivity index (χ1n) is 5.82. The molecule has 5 nitrogen and oxygen atoms in total. The molecule has 0 saturated carbocycles. The molecule has 1 aliphatic heterocycles. The third-order valence-corrected chi connectivity index (χ3v) is 2.80. The first-order chi connectivity index (χ1) is 8.58. The quantitative estimate of drug-likeness (QED) is 0.658. The normalized spacial score (nSPS) is 13.9. The predicted octanol–water partition coefficient (Wildman–Crippen LogP) is 2.18. The predicted molar refractivity (Wildman–Crippen MR) is 68.0 cm³/mol. The molecule has 0 bridgehead atoms. The number of fused-ring (bicyclic) bond motifs is 1. The van der Waals surface area contributed by atoms with Crippen LogP contribution in [0.1, 0.15) is 31.1 Å². The second kappa shape index (κ2) is 5.08. The van der Waals surface area contributed by atoms with Gasteiger partial charge in [0, 0.05) is 11.3 Å². The van der Waals surface area contributed by atoms with E-state index in [2.05, 4.69) is 10.5 Å². The van der Waals surface area contributed by atoms with Gasteiger partial charge in [-0.2, -0.15) is 5.10 Å². The largest absolute Gasteiger partial charge is 0.454 e. The number of benzene rings is 1. The summed E-state index contributed by atoms with van der Waals surface area (Å²) in [6, 6.07) is 5.05. The second-order valence-electron chi connectivity index (χ2n) is 4.42. The van der Waals surface area contributed by atoms with E-state index >= 15 is 0 Å². The highest BCUT2D eigenvalue weighted by atomic mass is 16.7. The lowest BCUT2D eigenvalue weighted by Crippen LogP contribution is -2.20. The minimum Gasteiger partial charge on any atom is -0.454 e. The Balaban J connectivity index is 2.08. The highest BCUT2D eigenvalue weighted by molar-refractivity contribution is 5.96. The fourth-order valence-electron chi connectivity index (χ4n) is 1.37. The van der Waals surface area contributed by atoms with Gasteiger partial charge in [-0.25, -0.2) is 5.43 Å². The summed E-state index contributed by atoms with van der Waals surface area (Å²) in [7, 11) is 0. The number of nitrogens with zero attached hydrogens (tertiary/aromatic N) is 1. The number of hydrogen-bond acceptors (Lipinski definition) is 4. The molecule has 0 fully saturated rings. The summed E-state index contributed by atoms with van der Waals surface area (Å²) < 4.78 is 10.4. The van der Waals surface area contributed by atoms with Crippen LogP contribution in [0, 0.1) is 5.92 Å². The molecular weight excluding hydrogens is 232 g/mol. The number of nitrogens with one attached hydrogen (secondary N) is 1. The van der Waals surface area contributed by atoms with Crippen molar-refractivity contribution in [1.29, 1.82) is 0 Å². The van der Waals surface area contributed by atoms with Gasteiger partial charge < -0.3 is 9.47 Å². The summed E-state index contributed by atoms with van der Waals surface area (Å²) >= 11 is 0. The van der Waals surface area contributed by atoms with Crippen LogP contribution >= 0.6 is 0 Å². The van der Waals surface area contributed by atoms with Gasteiger partial charge in [0.05, 0.1) is 0 Å². The zero-order valence-electron chi connectivity index (χ0n) is 10.7. The summed E-state index contributed by atoms with van der Waals surface area (Å²) in [6.07, 6.45) is 0. The average Bonchev–Trinajstić information content (AvgIpc) is 2.82. The molecule has 0 aliphatic carbocycles. The lowest BCUT2D eigenvalue weighted by Gasteiger charge is -2.05. The van der Waals surface area contributed by atoms with Gasteiger partial charge in [0.25, 0.3) is 5.91 Å². The lowest BCUT2D eigenvalue weighted by molar-refractivity contribution is 0.0954. The maximum Gasteiger partial charge on any atom is 0.271 e. The third kappa shape index (κ3) is 2.61. The van der Waals surface area contributed by atoms with Crippen molar-refractivity contribution >= 4 is 11.6 Å². The van der Waals surface area contributed by atoms with Crippen molar-refractivity contribution in [3.8, 4) is 11.5 Å². The Morgan fingerprint density at radius 2 is 2.06 bits per heavy atom. The van der Waals surface area contributed by atoms with Crippen LogP contribution in [-0.4, -0.2) is 18.4 Å². The number of hydrazone groups is 1. The summed E-state index contributed by atoms with van der Waals surface area (Å²) in [5.74, 6) is 1.30. The van der Waals surface area contributed by atoms with Gasteiger partial charge in [-0.1, -0.05) is 13.8 Å². The highest BCUT2D eigenvalue weighted by Crippen LogP contribution is 2.32. The van der Waals surface area contributed by atoms with E-state index in [1.54, 1.807) is 18.2 Å². The molecule has 1 heterocycles. The van der Waals surface area contributed by atoms with E-state index in [0.29, 0.717) is 23.0 Å². The Kier molecular flexibility index (Phi) is 3.50. The molecular formula is C13H16N2O3. The van der Waals surface area contributed by atoms with Gasteiger partial charge in [-0.3, -0.25) is 4.79 Å². The first-order valence-corrected chi connectivity index (χ1v) is 5.82. The monoisotopic (exact) mass is 248 g/mol. The van der Waals surface area contributed by atoms with Crippen LogP contribution in [0.5, 0.6) is 11.5 Å². The van der Waals surface area contributed by atoms with Crippen LogP contribution in [0.4, 0.5) is 0 Å². The maximum absolute atomic E-state index is 11.9. The molecule has 0 atom stereocenters. The fraction of sp³-hybridized carbons (Fsp3) is 0.385. The number of carbonyl (C=O) groups is 1. The van der Waals surface area contributed by atoms with Crippen molar-refractivity contribution < 1.29 is 14.3 Å². The van der Waals surface area contributed by atoms with Crippen molar-refractivity contribution in [2.24, 2.45) is 11.0 Å². The number of rotatable bonds is 3. The molecule has 1 amide bonds. The number of ether oxygens (including phenoxy) is 2. The van der Waals surface area contributed by atoms with Crippen molar-refractivity contribution in [3.05, 3.63) is 23.8 Å². The molecule has 1 N–H and O–H groups in total. The average molecular weight is 248 g/mol. The van der Waals surface area contributed by atoms with Crippen LogP contribution in [0.25, 0.3) is 0 Å². The van der Waals surface area contributed by atoms with E-state index in [4.69, 9.17) is 9.47 Å². The van der Waals surface area contributed by atoms with Crippen molar-refractivity contribution in [2.75, 3.05) is 6.79 Å². The van der Waals surface area contributed by atoms with Crippen LogP contribution < -0.4 is 14.9 Å². The van der Waals surface area contributed by atoms with E-state index in [9.17, 15) is 4.79 Å². The topological polar surface area (TPSA) is 59.9 Å². The van der Waals surface area contributed by atoms with Gasteiger partial charge >= 0.3 is 0 Å². The molecule has 18 heavy (non-hydrogen) atoms. The number of amides is 1. The van der Waals surface area contributed by atoms with Crippen LogP contribution in [0.3, 0.4) is 0 Å². The van der Waals surface area contributed by atoms with Crippen molar-refractivity contribution in [1.82, 2.24) is 5.43 Å². The minimum absolute atomic E-state index is 0.199. The highest BCUT2D eigenvalue weighted by Gasteiger charge is 2.15. The lowest BCUT2D eigenvalue weighted by atomic mass is 10.1. The summed E-state index contributed by atoms with van der Waals surface area (Å²) in [6.45, 7) is 6.12. The minimum atomic E-state index is -0.256. The second-order valence-corrected chi connectivity index (χ2v) is 4.42. The van der Waals surface area contributed by atoms with E-state index in [-0.39, 0.29) is 12.7 Å². The molecule has 0 spiro atoms. The summed E-state index contributed by atoms with van der Waals surface area (Å²) in [5.41, 5.74) is 3.90. The molecule has 1 aromatic carbocycles. The van der Waals surface area contributed by atoms with Gasteiger partial charge in [-0.05, 0) is 31.0 Å². The maximum atomic E-state index is 11.9. The van der Waals surface area contributed by atoms with E-state index < -0.39 is 0 Å². The molecule has 2 rings (SSSR count). The molecule has 0 unspecified atom stereocenters. The van der Waals surface area contributed by atoms with Gasteiger partial charge in [-0.15, -0.1) is 0 Å². The van der Waals surface area contributed by atoms with Gasteiger partial charge in [0.1, 0.15) is 0 Å². The molecule has 5 heteroatoms. The Bertz CT molecular complexity index is 495. The molecule has 0 saturated heterocycles. The first kappa shape index (κ1) is 12.4.